The van der Waals surface area contributed by atoms with Gasteiger partial charge in [-0.1, -0.05) is 18.2 Å². The Hall–Kier alpha value is -3.48. The van der Waals surface area contributed by atoms with Crippen molar-refractivity contribution in [2.75, 3.05) is 7.11 Å². The molecule has 0 aliphatic heterocycles. The van der Waals surface area contributed by atoms with E-state index in [1.54, 1.807) is 31.5 Å². The van der Waals surface area contributed by atoms with Gasteiger partial charge in [-0.05, 0) is 37.6 Å². The van der Waals surface area contributed by atoms with Gasteiger partial charge in [0.05, 0.1) is 12.8 Å². The van der Waals surface area contributed by atoms with Crippen LogP contribution < -0.4 is 9.47 Å². The van der Waals surface area contributed by atoms with Gasteiger partial charge in [0.1, 0.15) is 11.4 Å². The zero-order chi connectivity index (χ0) is 21.3. The first-order chi connectivity index (χ1) is 14.5. The number of aromatic nitrogens is 3. The maximum atomic E-state index is 12.8. The predicted octanol–water partition coefficient (Wildman–Crippen LogP) is 5.21. The molecule has 0 radical (unpaired) electrons. The number of benzene rings is 1. The maximum absolute atomic E-state index is 12.8. The maximum Gasteiger partial charge on any atom is 0.387 e. The SMILES string of the molecule is COc1cc(C)c(-c2ccc3nc(C)c(Cc4ccccc4OC(F)F)n3c2)cn1. The molecule has 4 rings (SSSR count). The van der Waals surface area contributed by atoms with Crippen LogP contribution in [-0.2, 0) is 6.42 Å². The number of alkyl halides is 2. The lowest BCUT2D eigenvalue weighted by Crippen LogP contribution is -2.05. The summed E-state index contributed by atoms with van der Waals surface area (Å²) in [5, 5.41) is 0. The lowest BCUT2D eigenvalue weighted by atomic mass is 10.0. The second-order valence-electron chi connectivity index (χ2n) is 6.99. The van der Waals surface area contributed by atoms with Crippen molar-refractivity contribution in [3.05, 3.63) is 77.4 Å². The number of pyridine rings is 2. The van der Waals surface area contributed by atoms with Crippen molar-refractivity contribution in [3.63, 3.8) is 0 Å². The second-order valence-corrected chi connectivity index (χ2v) is 6.99. The van der Waals surface area contributed by atoms with E-state index in [4.69, 9.17) is 9.47 Å². The molecule has 0 saturated heterocycles. The first-order valence-electron chi connectivity index (χ1n) is 9.47. The Morgan fingerprint density at radius 3 is 2.63 bits per heavy atom. The summed E-state index contributed by atoms with van der Waals surface area (Å²) in [6, 6.07) is 12.7. The van der Waals surface area contributed by atoms with E-state index < -0.39 is 6.61 Å². The normalized spacial score (nSPS) is 11.3. The van der Waals surface area contributed by atoms with E-state index in [1.165, 1.54) is 0 Å². The Morgan fingerprint density at radius 1 is 1.10 bits per heavy atom. The average molecular weight is 409 g/mol. The van der Waals surface area contributed by atoms with Gasteiger partial charge in [-0.25, -0.2) is 9.97 Å². The number of ether oxygens (including phenoxy) is 2. The van der Waals surface area contributed by atoms with E-state index in [1.807, 2.05) is 48.7 Å². The highest BCUT2D eigenvalue weighted by Crippen LogP contribution is 2.28. The summed E-state index contributed by atoms with van der Waals surface area (Å²) in [5.74, 6) is 0.736. The predicted molar refractivity (Wildman–Crippen MR) is 110 cm³/mol. The summed E-state index contributed by atoms with van der Waals surface area (Å²) in [4.78, 5) is 8.94. The number of imidazole rings is 1. The van der Waals surface area contributed by atoms with Crippen LogP contribution in [0.2, 0.25) is 0 Å². The number of nitrogens with zero attached hydrogens (tertiary/aromatic N) is 3. The standard InChI is InChI=1S/C23H21F2N3O2/c1-14-10-22(29-3)26-12-18(14)17-8-9-21-27-15(2)19(28(21)13-17)11-16-6-4-5-7-20(16)30-23(24)25/h4-10,12-13,23H,11H2,1-3H3. The summed E-state index contributed by atoms with van der Waals surface area (Å²) in [7, 11) is 1.59. The van der Waals surface area contributed by atoms with Crippen molar-refractivity contribution >= 4 is 5.65 Å². The van der Waals surface area contributed by atoms with Crippen LogP contribution in [0.3, 0.4) is 0 Å². The van der Waals surface area contributed by atoms with E-state index in [2.05, 4.69) is 9.97 Å². The minimum atomic E-state index is -2.87. The lowest BCUT2D eigenvalue weighted by Gasteiger charge is -2.12. The molecule has 0 fully saturated rings. The van der Waals surface area contributed by atoms with E-state index in [9.17, 15) is 8.78 Å². The summed E-state index contributed by atoms with van der Waals surface area (Å²) in [6.45, 7) is 1.05. The molecule has 30 heavy (non-hydrogen) atoms. The first-order valence-corrected chi connectivity index (χ1v) is 9.47. The van der Waals surface area contributed by atoms with Gasteiger partial charge in [0.15, 0.2) is 0 Å². The van der Waals surface area contributed by atoms with Crippen molar-refractivity contribution in [2.45, 2.75) is 26.9 Å². The molecular formula is C23H21F2N3O2. The molecule has 3 aromatic heterocycles. The molecule has 0 aliphatic carbocycles. The van der Waals surface area contributed by atoms with Gasteiger partial charge < -0.3 is 13.9 Å². The van der Waals surface area contributed by atoms with Gasteiger partial charge in [0.25, 0.3) is 0 Å². The molecule has 0 N–H and O–H groups in total. The zero-order valence-corrected chi connectivity index (χ0v) is 16.9. The average Bonchev–Trinajstić information content (AvgIpc) is 3.03. The molecule has 3 heterocycles. The summed E-state index contributed by atoms with van der Waals surface area (Å²) in [6.07, 6.45) is 4.20. The number of halogens is 2. The molecule has 0 amide bonds. The highest BCUT2D eigenvalue weighted by molar-refractivity contribution is 5.68. The fourth-order valence-electron chi connectivity index (χ4n) is 3.57. The summed E-state index contributed by atoms with van der Waals surface area (Å²) < 4.78 is 37.5. The molecule has 0 unspecified atom stereocenters. The second kappa shape index (κ2) is 8.10. The molecule has 0 atom stereocenters. The number of methoxy groups -OCH3 is 1. The minimum absolute atomic E-state index is 0.174. The number of rotatable bonds is 6. The molecule has 0 spiro atoms. The molecule has 0 bridgehead atoms. The lowest BCUT2D eigenvalue weighted by molar-refractivity contribution is -0.0503. The molecule has 4 aromatic rings. The first kappa shape index (κ1) is 19.8. The third-order valence-corrected chi connectivity index (χ3v) is 5.07. The van der Waals surface area contributed by atoms with Crippen molar-refractivity contribution in [1.82, 2.24) is 14.4 Å². The topological polar surface area (TPSA) is 48.7 Å². The monoisotopic (exact) mass is 409 g/mol. The van der Waals surface area contributed by atoms with Gasteiger partial charge in [-0.3, -0.25) is 0 Å². The third-order valence-electron chi connectivity index (χ3n) is 5.07. The quantitative estimate of drug-likeness (QED) is 0.438. The van der Waals surface area contributed by atoms with Crippen LogP contribution in [0.5, 0.6) is 11.6 Å². The van der Waals surface area contributed by atoms with Crippen LogP contribution in [0.4, 0.5) is 8.78 Å². The molecule has 7 heteroatoms. The van der Waals surface area contributed by atoms with Gasteiger partial charge >= 0.3 is 6.61 Å². The summed E-state index contributed by atoms with van der Waals surface area (Å²) >= 11 is 0. The van der Waals surface area contributed by atoms with Crippen molar-refractivity contribution < 1.29 is 18.3 Å². The number of hydrogen-bond donors (Lipinski definition) is 0. The molecule has 1 aromatic carbocycles. The van der Waals surface area contributed by atoms with Crippen molar-refractivity contribution in [3.8, 4) is 22.8 Å². The number of fused-ring (bicyclic) bond motifs is 1. The van der Waals surface area contributed by atoms with E-state index in [-0.39, 0.29) is 5.75 Å². The third kappa shape index (κ3) is 3.83. The highest BCUT2D eigenvalue weighted by atomic mass is 19.3. The number of para-hydroxylation sites is 1. The molecule has 5 nitrogen and oxygen atoms in total. The van der Waals surface area contributed by atoms with Crippen molar-refractivity contribution in [1.29, 1.82) is 0 Å². The van der Waals surface area contributed by atoms with Gasteiger partial charge in [0, 0.05) is 47.3 Å². The van der Waals surface area contributed by atoms with Crippen molar-refractivity contribution in [2.24, 2.45) is 0 Å². The van der Waals surface area contributed by atoms with E-state index >= 15 is 0 Å². The fourth-order valence-corrected chi connectivity index (χ4v) is 3.57. The minimum Gasteiger partial charge on any atom is -0.481 e. The van der Waals surface area contributed by atoms with Crippen LogP contribution >= 0.6 is 0 Å². The number of aryl methyl sites for hydroxylation is 2. The van der Waals surface area contributed by atoms with Crippen LogP contribution in [0, 0.1) is 13.8 Å². The zero-order valence-electron chi connectivity index (χ0n) is 16.9. The van der Waals surface area contributed by atoms with Crippen LogP contribution in [0.15, 0.2) is 54.9 Å². The molecule has 154 valence electrons. The number of hydrogen-bond acceptors (Lipinski definition) is 4. The smallest absolute Gasteiger partial charge is 0.387 e. The largest absolute Gasteiger partial charge is 0.481 e. The Labute approximate surface area is 172 Å². The van der Waals surface area contributed by atoms with Gasteiger partial charge in [0.2, 0.25) is 5.88 Å². The Kier molecular flexibility index (Phi) is 5.35. The van der Waals surface area contributed by atoms with E-state index in [0.717, 1.165) is 33.7 Å². The Balaban J connectivity index is 1.77. The van der Waals surface area contributed by atoms with Crippen LogP contribution in [-0.4, -0.2) is 28.1 Å². The highest BCUT2D eigenvalue weighted by Gasteiger charge is 2.15. The van der Waals surface area contributed by atoms with Gasteiger partial charge in [-0.15, -0.1) is 0 Å². The van der Waals surface area contributed by atoms with E-state index in [0.29, 0.717) is 17.9 Å². The van der Waals surface area contributed by atoms with Crippen LogP contribution in [0.25, 0.3) is 16.8 Å². The fraction of sp³-hybridized carbons (Fsp3) is 0.217. The Morgan fingerprint density at radius 2 is 1.90 bits per heavy atom. The molecule has 0 aliphatic rings. The van der Waals surface area contributed by atoms with Crippen LogP contribution in [0.1, 0.15) is 22.5 Å². The summed E-state index contributed by atoms with van der Waals surface area (Å²) in [5.41, 5.74) is 6.21. The Bertz CT molecular complexity index is 1200. The van der Waals surface area contributed by atoms with Gasteiger partial charge in [-0.2, -0.15) is 8.78 Å². The molecule has 0 saturated carbocycles. The molecular weight excluding hydrogens is 388 g/mol.